The monoisotopic (exact) mass is 240 g/mol. The first-order valence-electron chi connectivity index (χ1n) is 5.09. The molecule has 0 fully saturated rings. The lowest BCUT2D eigenvalue weighted by molar-refractivity contribution is -0.140. The number of esters is 1. The summed E-state index contributed by atoms with van der Waals surface area (Å²) in [5.41, 5.74) is 0.984. The first kappa shape index (κ1) is 12.9. The number of ether oxygens (including phenoxy) is 1. The summed E-state index contributed by atoms with van der Waals surface area (Å²) in [4.78, 5) is 11.9. The first-order valence-corrected chi connectivity index (χ1v) is 6.30. The maximum atomic E-state index is 12.1. The molecule has 0 aliphatic carbocycles. The zero-order valence-electron chi connectivity index (χ0n) is 9.73. The maximum Gasteiger partial charge on any atom is 0.306 e. The van der Waals surface area contributed by atoms with E-state index in [9.17, 15) is 9.00 Å². The Kier molecular flexibility index (Phi) is 4.68. The minimum absolute atomic E-state index is 0.178. The quantitative estimate of drug-likeness (QED) is 0.757. The molecule has 0 heterocycles. The number of rotatable bonds is 4. The minimum Gasteiger partial charge on any atom is -0.469 e. The molecule has 0 amide bonds. The van der Waals surface area contributed by atoms with Gasteiger partial charge in [0.05, 0.1) is 24.3 Å². The number of methoxy groups -OCH3 is 1. The Bertz CT molecular complexity index is 401. The van der Waals surface area contributed by atoms with Gasteiger partial charge in [0.2, 0.25) is 0 Å². The molecule has 0 N–H and O–H groups in total. The van der Waals surface area contributed by atoms with Crippen molar-refractivity contribution in [3.63, 3.8) is 0 Å². The summed E-state index contributed by atoms with van der Waals surface area (Å²) in [5.74, 6) is -0.325. The molecule has 0 saturated heterocycles. The molecule has 1 rings (SSSR count). The average Bonchev–Trinajstić information content (AvgIpc) is 2.28. The molecule has 0 saturated carbocycles. The van der Waals surface area contributed by atoms with Crippen LogP contribution in [0.3, 0.4) is 0 Å². The van der Waals surface area contributed by atoms with Gasteiger partial charge in [-0.05, 0) is 25.5 Å². The molecular formula is C12H16O3S. The van der Waals surface area contributed by atoms with Crippen molar-refractivity contribution in [3.8, 4) is 0 Å². The largest absolute Gasteiger partial charge is 0.469 e. The van der Waals surface area contributed by atoms with Crippen molar-refractivity contribution < 1.29 is 13.7 Å². The number of hydrogen-bond donors (Lipinski definition) is 0. The maximum absolute atomic E-state index is 12.1. The molecule has 2 atom stereocenters. The summed E-state index contributed by atoms with van der Waals surface area (Å²) in [6.45, 7) is 3.71. The molecule has 16 heavy (non-hydrogen) atoms. The zero-order chi connectivity index (χ0) is 12.1. The van der Waals surface area contributed by atoms with Crippen molar-refractivity contribution in [1.82, 2.24) is 0 Å². The molecule has 0 radical (unpaired) electrons. The highest BCUT2D eigenvalue weighted by Crippen LogP contribution is 2.17. The van der Waals surface area contributed by atoms with Gasteiger partial charge in [0, 0.05) is 10.1 Å². The van der Waals surface area contributed by atoms with Crippen LogP contribution in [-0.4, -0.2) is 22.5 Å². The van der Waals surface area contributed by atoms with E-state index in [-0.39, 0.29) is 17.6 Å². The molecule has 0 bridgehead atoms. The topological polar surface area (TPSA) is 43.4 Å². The van der Waals surface area contributed by atoms with E-state index < -0.39 is 10.8 Å². The fourth-order valence-corrected chi connectivity index (χ4v) is 2.71. The van der Waals surface area contributed by atoms with Crippen LogP contribution in [0.1, 0.15) is 18.9 Å². The van der Waals surface area contributed by atoms with E-state index in [1.807, 2.05) is 31.2 Å². The lowest BCUT2D eigenvalue weighted by Crippen LogP contribution is -2.17. The Labute approximate surface area is 98.3 Å². The van der Waals surface area contributed by atoms with E-state index in [2.05, 4.69) is 4.74 Å². The molecular weight excluding hydrogens is 224 g/mol. The van der Waals surface area contributed by atoms with E-state index in [1.54, 1.807) is 6.92 Å². The smallest absolute Gasteiger partial charge is 0.306 e. The van der Waals surface area contributed by atoms with Gasteiger partial charge >= 0.3 is 5.97 Å². The Morgan fingerprint density at radius 2 is 2.06 bits per heavy atom. The van der Waals surface area contributed by atoms with E-state index >= 15 is 0 Å². The number of carbonyl (C=O) groups is 1. The van der Waals surface area contributed by atoms with Crippen LogP contribution in [0, 0.1) is 6.92 Å². The van der Waals surface area contributed by atoms with Crippen LogP contribution in [0.4, 0.5) is 0 Å². The van der Waals surface area contributed by atoms with E-state index in [1.165, 1.54) is 7.11 Å². The second kappa shape index (κ2) is 5.80. The molecule has 0 aromatic heterocycles. The van der Waals surface area contributed by atoms with Crippen LogP contribution in [0.5, 0.6) is 0 Å². The highest BCUT2D eigenvalue weighted by Gasteiger charge is 2.18. The van der Waals surface area contributed by atoms with Gasteiger partial charge in [-0.1, -0.05) is 18.2 Å². The second-order valence-electron chi connectivity index (χ2n) is 3.65. The lowest BCUT2D eigenvalue weighted by atomic mass is 10.2. The normalized spacial score (nSPS) is 14.2. The molecule has 88 valence electrons. The van der Waals surface area contributed by atoms with Gasteiger partial charge in [-0.15, -0.1) is 0 Å². The fourth-order valence-electron chi connectivity index (χ4n) is 1.39. The zero-order valence-corrected chi connectivity index (χ0v) is 10.5. The van der Waals surface area contributed by atoms with Crippen LogP contribution >= 0.6 is 0 Å². The summed E-state index contributed by atoms with van der Waals surface area (Å²) < 4.78 is 16.7. The predicted octanol–water partition coefficient (Wildman–Crippen LogP) is 2.05. The van der Waals surface area contributed by atoms with Crippen LogP contribution in [0.25, 0.3) is 0 Å². The third kappa shape index (κ3) is 3.17. The summed E-state index contributed by atoms with van der Waals surface area (Å²) in [5, 5.41) is -0.228. The van der Waals surface area contributed by atoms with Gasteiger partial charge in [0.15, 0.2) is 0 Å². The van der Waals surface area contributed by atoms with Gasteiger partial charge in [-0.2, -0.15) is 0 Å². The van der Waals surface area contributed by atoms with Gasteiger partial charge < -0.3 is 4.74 Å². The van der Waals surface area contributed by atoms with E-state index in [0.29, 0.717) is 0 Å². The number of hydrogen-bond acceptors (Lipinski definition) is 3. The van der Waals surface area contributed by atoms with Crippen molar-refractivity contribution in [3.05, 3.63) is 29.8 Å². The third-order valence-electron chi connectivity index (χ3n) is 2.36. The standard InChI is InChI=1S/C12H16O3S/c1-9-6-4-5-7-11(9)16(14)10(2)8-12(13)15-3/h4-7,10H,8H2,1-3H3. The van der Waals surface area contributed by atoms with Gasteiger partial charge in [0.25, 0.3) is 0 Å². The van der Waals surface area contributed by atoms with Crippen LogP contribution in [0.2, 0.25) is 0 Å². The van der Waals surface area contributed by atoms with Gasteiger partial charge in [-0.25, -0.2) is 0 Å². The summed E-state index contributed by atoms with van der Waals surface area (Å²) in [6.07, 6.45) is 0.178. The Balaban J connectivity index is 2.79. The van der Waals surface area contributed by atoms with Crippen molar-refractivity contribution in [2.75, 3.05) is 7.11 Å². The molecule has 0 aliphatic rings. The van der Waals surface area contributed by atoms with Gasteiger partial charge in [0.1, 0.15) is 0 Å². The third-order valence-corrected chi connectivity index (χ3v) is 4.15. The number of aryl methyl sites for hydroxylation is 1. The Hall–Kier alpha value is -1.16. The van der Waals surface area contributed by atoms with Crippen LogP contribution < -0.4 is 0 Å². The van der Waals surface area contributed by atoms with Gasteiger partial charge in [-0.3, -0.25) is 9.00 Å². The molecule has 0 spiro atoms. The second-order valence-corrected chi connectivity index (χ2v) is 5.49. The molecule has 2 unspecified atom stereocenters. The minimum atomic E-state index is -1.16. The summed E-state index contributed by atoms with van der Waals surface area (Å²) in [6, 6.07) is 7.50. The van der Waals surface area contributed by atoms with Crippen molar-refractivity contribution >= 4 is 16.8 Å². The summed E-state index contributed by atoms with van der Waals surface area (Å²) >= 11 is 0. The molecule has 0 aliphatic heterocycles. The number of carbonyl (C=O) groups excluding carboxylic acids is 1. The highest BCUT2D eigenvalue weighted by atomic mass is 32.2. The first-order chi connectivity index (χ1) is 7.56. The van der Waals surface area contributed by atoms with Crippen molar-refractivity contribution in [2.24, 2.45) is 0 Å². The van der Waals surface area contributed by atoms with Crippen LogP contribution in [-0.2, 0) is 20.3 Å². The highest BCUT2D eigenvalue weighted by molar-refractivity contribution is 7.85. The molecule has 1 aromatic carbocycles. The fraction of sp³-hybridized carbons (Fsp3) is 0.417. The van der Waals surface area contributed by atoms with E-state index in [0.717, 1.165) is 10.5 Å². The molecule has 3 nitrogen and oxygen atoms in total. The Morgan fingerprint density at radius 3 is 2.62 bits per heavy atom. The molecule has 4 heteroatoms. The lowest BCUT2D eigenvalue weighted by Gasteiger charge is -2.11. The van der Waals surface area contributed by atoms with Crippen molar-refractivity contribution in [2.45, 2.75) is 30.4 Å². The predicted molar refractivity (Wildman–Crippen MR) is 63.7 cm³/mol. The average molecular weight is 240 g/mol. The number of benzene rings is 1. The Morgan fingerprint density at radius 1 is 1.44 bits per heavy atom. The molecule has 1 aromatic rings. The SMILES string of the molecule is COC(=O)CC(C)S(=O)c1ccccc1C. The van der Waals surface area contributed by atoms with Crippen molar-refractivity contribution in [1.29, 1.82) is 0 Å². The summed E-state index contributed by atoms with van der Waals surface area (Å²) in [7, 11) is 0.176. The van der Waals surface area contributed by atoms with Crippen LogP contribution in [0.15, 0.2) is 29.2 Å². The van der Waals surface area contributed by atoms with E-state index in [4.69, 9.17) is 0 Å².